The summed E-state index contributed by atoms with van der Waals surface area (Å²) in [6.45, 7) is 1.98. The number of aryl methyl sites for hydroxylation is 1. The number of nitrogens with zero attached hydrogens (tertiary/aromatic N) is 1. The Balaban J connectivity index is 1.80. The van der Waals surface area contributed by atoms with Crippen LogP contribution in [0.15, 0.2) is 89.6 Å². The van der Waals surface area contributed by atoms with Gasteiger partial charge in [-0.1, -0.05) is 53.6 Å². The van der Waals surface area contributed by atoms with Gasteiger partial charge in [0.1, 0.15) is 17.3 Å². The summed E-state index contributed by atoms with van der Waals surface area (Å²) in [5.41, 5.74) is 5.06. The molecule has 2 N–H and O–H groups in total. The van der Waals surface area contributed by atoms with E-state index >= 15 is 0 Å². The van der Waals surface area contributed by atoms with Gasteiger partial charge in [-0.2, -0.15) is 0 Å². The van der Waals surface area contributed by atoms with Crippen molar-refractivity contribution < 1.29 is 14.6 Å². The lowest BCUT2D eigenvalue weighted by molar-refractivity contribution is -0.116. The van der Waals surface area contributed by atoms with Crippen molar-refractivity contribution in [2.75, 3.05) is 12.0 Å². The van der Waals surface area contributed by atoms with Gasteiger partial charge in [-0.25, -0.2) is 0 Å². The summed E-state index contributed by atoms with van der Waals surface area (Å²) >= 11 is 6.15. The Labute approximate surface area is 215 Å². The third-order valence-corrected chi connectivity index (χ3v) is 7.12. The Morgan fingerprint density at radius 1 is 1.00 bits per heavy atom. The number of rotatable bonds is 4. The summed E-state index contributed by atoms with van der Waals surface area (Å²) in [6, 6.07) is 22.3. The van der Waals surface area contributed by atoms with Crippen LogP contribution in [0, 0.1) is 12.3 Å². The number of allylic oxidation sites excluding steroid dienone is 2. The summed E-state index contributed by atoms with van der Waals surface area (Å²) in [6.07, 6.45) is 1.82. The highest BCUT2D eigenvalue weighted by Crippen LogP contribution is 2.48. The Kier molecular flexibility index (Phi) is 6.42. The van der Waals surface area contributed by atoms with Crippen molar-refractivity contribution in [2.45, 2.75) is 32.1 Å². The minimum Gasteiger partial charge on any atom is -0.507 e. The molecule has 182 valence electrons. The highest BCUT2D eigenvalue weighted by Gasteiger charge is 2.43. The number of methoxy groups -OCH3 is 1. The van der Waals surface area contributed by atoms with Gasteiger partial charge in [0.2, 0.25) is 0 Å². The van der Waals surface area contributed by atoms with E-state index < -0.39 is 5.92 Å². The van der Waals surface area contributed by atoms with Crippen LogP contribution in [0.5, 0.6) is 5.75 Å². The molecule has 5 rings (SSSR count). The minimum atomic E-state index is -0.573. The summed E-state index contributed by atoms with van der Waals surface area (Å²) < 4.78 is 5.34. The van der Waals surface area contributed by atoms with Gasteiger partial charge < -0.3 is 9.84 Å². The summed E-state index contributed by atoms with van der Waals surface area (Å²) in [5, 5.41) is 21.6. The Morgan fingerprint density at radius 2 is 1.67 bits per heavy atom. The average molecular weight is 499 g/mol. The fourth-order valence-electron chi connectivity index (χ4n) is 5.06. The van der Waals surface area contributed by atoms with E-state index in [1.54, 1.807) is 24.1 Å². The second-order valence-electron chi connectivity index (χ2n) is 9.13. The van der Waals surface area contributed by atoms with Crippen LogP contribution in [0.25, 0.3) is 5.76 Å². The lowest BCUT2D eigenvalue weighted by Crippen LogP contribution is -2.42. The lowest BCUT2D eigenvalue weighted by Gasteiger charge is -2.41. The molecular formula is C30H27ClN2O3. The number of hydrogen-bond donors (Lipinski definition) is 2. The number of aliphatic hydroxyl groups is 1. The highest BCUT2D eigenvalue weighted by molar-refractivity contribution is 6.30. The normalized spacial score (nSPS) is 19.3. The molecule has 2 aliphatic rings. The van der Waals surface area contributed by atoms with Crippen molar-refractivity contribution in [1.82, 2.24) is 0 Å². The maximum atomic E-state index is 13.5. The quantitative estimate of drug-likeness (QED) is 0.372. The van der Waals surface area contributed by atoms with E-state index in [4.69, 9.17) is 16.3 Å². The van der Waals surface area contributed by atoms with Crippen LogP contribution >= 0.6 is 11.6 Å². The zero-order valence-electron chi connectivity index (χ0n) is 20.2. The van der Waals surface area contributed by atoms with E-state index in [0.29, 0.717) is 46.7 Å². The van der Waals surface area contributed by atoms with Gasteiger partial charge in [-0.15, -0.1) is 0 Å². The molecule has 0 saturated heterocycles. The van der Waals surface area contributed by atoms with Gasteiger partial charge in [0.15, 0.2) is 5.78 Å². The van der Waals surface area contributed by atoms with Crippen LogP contribution in [0.1, 0.15) is 41.9 Å². The van der Waals surface area contributed by atoms with Crippen LogP contribution in [0.2, 0.25) is 5.02 Å². The molecule has 6 heteroatoms. The molecule has 0 fully saturated rings. The number of amidine groups is 1. The number of ketones is 1. The minimum absolute atomic E-state index is 0.00953. The first-order chi connectivity index (χ1) is 17.4. The van der Waals surface area contributed by atoms with E-state index in [2.05, 4.69) is 0 Å². The maximum Gasteiger partial charge on any atom is 0.161 e. The number of carbonyl (C=O) groups excluding carboxylic acids is 1. The first-order valence-corrected chi connectivity index (χ1v) is 12.3. The van der Waals surface area contributed by atoms with Gasteiger partial charge in [0, 0.05) is 45.5 Å². The smallest absolute Gasteiger partial charge is 0.161 e. The zero-order valence-corrected chi connectivity index (χ0v) is 21.0. The Bertz CT molecular complexity index is 1390. The van der Waals surface area contributed by atoms with Crippen molar-refractivity contribution in [1.29, 1.82) is 5.41 Å². The second-order valence-corrected chi connectivity index (χ2v) is 9.57. The molecule has 1 unspecified atom stereocenters. The van der Waals surface area contributed by atoms with Gasteiger partial charge in [0.25, 0.3) is 0 Å². The molecule has 36 heavy (non-hydrogen) atoms. The van der Waals surface area contributed by atoms with E-state index in [-0.39, 0.29) is 17.4 Å². The standard InChI is InChI=1S/C30H27ClN2O3/c1-18-6-8-20(9-7-18)29(35)28-26(19-10-16-23(36-2)17-11-19)27-24(4-3-5-25(27)34)33(30(28)32)22-14-12-21(31)13-15-22/h6-17,26,32,35H,3-5H2,1-2H3/b29-28+,32-30?. The van der Waals surface area contributed by atoms with Crippen LogP contribution in [0.4, 0.5) is 5.69 Å². The number of halogens is 1. The van der Waals surface area contributed by atoms with Crippen LogP contribution in [0.3, 0.4) is 0 Å². The van der Waals surface area contributed by atoms with Gasteiger partial charge >= 0.3 is 0 Å². The van der Waals surface area contributed by atoms with Gasteiger partial charge in [0.05, 0.1) is 7.11 Å². The molecular weight excluding hydrogens is 472 g/mol. The second kappa shape index (κ2) is 9.67. The van der Waals surface area contributed by atoms with E-state index in [9.17, 15) is 15.3 Å². The molecule has 0 radical (unpaired) electrons. The molecule has 1 atom stereocenters. The molecule has 0 saturated carbocycles. The third kappa shape index (κ3) is 4.20. The summed E-state index contributed by atoms with van der Waals surface area (Å²) in [7, 11) is 1.61. The molecule has 0 aromatic heterocycles. The number of nitrogens with one attached hydrogen (secondary N) is 1. The molecule has 1 heterocycles. The summed E-state index contributed by atoms with van der Waals surface area (Å²) in [5.74, 6) is 0.299. The van der Waals surface area contributed by atoms with Gasteiger partial charge in [-0.05, 0) is 61.7 Å². The molecule has 3 aromatic carbocycles. The molecule has 0 bridgehead atoms. The molecule has 1 aliphatic carbocycles. The largest absolute Gasteiger partial charge is 0.507 e. The molecule has 3 aromatic rings. The third-order valence-electron chi connectivity index (χ3n) is 6.87. The topological polar surface area (TPSA) is 73.6 Å². The Morgan fingerprint density at radius 3 is 2.31 bits per heavy atom. The molecule has 5 nitrogen and oxygen atoms in total. The number of hydrogen-bond acceptors (Lipinski definition) is 4. The SMILES string of the molecule is COc1ccc(C2C3=C(CCCC3=O)N(c3ccc(Cl)cc3)C(=N)/C2=C(/O)c2ccc(C)cc2)cc1. The average Bonchev–Trinajstić information content (AvgIpc) is 2.89. The van der Waals surface area contributed by atoms with Crippen LogP contribution < -0.4 is 9.64 Å². The first-order valence-electron chi connectivity index (χ1n) is 11.9. The van der Waals surface area contributed by atoms with Crippen molar-refractivity contribution in [2.24, 2.45) is 0 Å². The van der Waals surface area contributed by atoms with E-state index in [0.717, 1.165) is 22.5 Å². The zero-order chi connectivity index (χ0) is 25.4. The molecule has 0 spiro atoms. The fraction of sp³-hybridized carbons (Fsp3) is 0.200. The molecule has 1 aliphatic heterocycles. The van der Waals surface area contributed by atoms with Crippen molar-refractivity contribution >= 4 is 34.7 Å². The van der Waals surface area contributed by atoms with Crippen LogP contribution in [-0.2, 0) is 4.79 Å². The van der Waals surface area contributed by atoms with E-state index in [1.165, 1.54) is 0 Å². The van der Waals surface area contributed by atoms with Crippen molar-refractivity contribution in [3.63, 3.8) is 0 Å². The van der Waals surface area contributed by atoms with Crippen molar-refractivity contribution in [3.8, 4) is 5.75 Å². The van der Waals surface area contributed by atoms with Crippen molar-refractivity contribution in [3.05, 3.63) is 111 Å². The summed E-state index contributed by atoms with van der Waals surface area (Å²) in [4.78, 5) is 15.3. The molecule has 0 amide bonds. The number of benzene rings is 3. The predicted octanol–water partition coefficient (Wildman–Crippen LogP) is 7.21. The number of carbonyl (C=O) groups is 1. The fourth-order valence-corrected chi connectivity index (χ4v) is 5.19. The predicted molar refractivity (Wildman–Crippen MR) is 144 cm³/mol. The Hall–Kier alpha value is -3.83. The number of anilines is 1. The highest BCUT2D eigenvalue weighted by atomic mass is 35.5. The maximum absolute atomic E-state index is 13.5. The number of ether oxygens (including phenoxy) is 1. The van der Waals surface area contributed by atoms with Crippen LogP contribution in [-0.4, -0.2) is 23.8 Å². The number of aliphatic hydroxyl groups excluding tert-OH is 1. The van der Waals surface area contributed by atoms with E-state index in [1.807, 2.05) is 67.6 Å². The van der Waals surface area contributed by atoms with Gasteiger partial charge in [-0.3, -0.25) is 15.1 Å². The first kappa shape index (κ1) is 23.9. The monoisotopic (exact) mass is 498 g/mol. The lowest BCUT2D eigenvalue weighted by atomic mass is 9.73. The number of Topliss-reactive ketones (excluding diaryl/α,β-unsaturated/α-hetero) is 1.